The Bertz CT molecular complexity index is 857. The molecule has 5 N–H and O–H groups in total. The predicted molar refractivity (Wildman–Crippen MR) is 113 cm³/mol. The molecule has 9 heteroatoms. The molecule has 0 saturated heterocycles. The van der Waals surface area contributed by atoms with Gasteiger partial charge in [-0.15, -0.1) is 0 Å². The summed E-state index contributed by atoms with van der Waals surface area (Å²) in [7, 11) is 1.55. The zero-order valence-corrected chi connectivity index (χ0v) is 17.2. The van der Waals surface area contributed by atoms with Crippen LogP contribution in [-0.4, -0.2) is 48.8 Å². The summed E-state index contributed by atoms with van der Waals surface area (Å²) in [5, 5.41) is 14.9. The lowest BCUT2D eigenvalue weighted by atomic mass is 10.0. The normalized spacial score (nSPS) is 12.3. The Morgan fingerprint density at radius 1 is 1.03 bits per heavy atom. The molecule has 0 spiro atoms. The van der Waals surface area contributed by atoms with E-state index < -0.39 is 30.1 Å². The van der Waals surface area contributed by atoms with Gasteiger partial charge in [-0.3, -0.25) is 9.59 Å². The highest BCUT2D eigenvalue weighted by atomic mass is 16.5. The van der Waals surface area contributed by atoms with E-state index in [9.17, 15) is 19.5 Å². The second-order valence-corrected chi connectivity index (χ2v) is 6.88. The lowest BCUT2D eigenvalue weighted by Gasteiger charge is -2.17. The molecule has 0 radical (unpaired) electrons. The van der Waals surface area contributed by atoms with E-state index >= 15 is 0 Å². The van der Waals surface area contributed by atoms with Gasteiger partial charge in [0.25, 0.3) is 0 Å². The molecule has 9 nitrogen and oxygen atoms in total. The van der Waals surface area contributed by atoms with Gasteiger partial charge in [0.2, 0.25) is 11.8 Å². The molecule has 0 aliphatic carbocycles. The molecule has 2 atom stereocenters. The smallest absolute Gasteiger partial charge is 0.407 e. The fourth-order valence-electron chi connectivity index (χ4n) is 2.73. The Hall–Kier alpha value is -3.59. The Balaban J connectivity index is 1.74. The van der Waals surface area contributed by atoms with Crippen molar-refractivity contribution in [3.63, 3.8) is 0 Å². The molecule has 0 saturated carbocycles. The van der Waals surface area contributed by atoms with Crippen LogP contribution in [0.5, 0.6) is 5.75 Å². The number of carbonyl (C=O) groups is 3. The average Bonchev–Trinajstić information content (AvgIpc) is 2.77. The highest BCUT2D eigenvalue weighted by Crippen LogP contribution is 2.13. The Kier molecular flexibility index (Phi) is 9.31. The molecule has 3 amide bonds. The zero-order chi connectivity index (χ0) is 22.6. The summed E-state index contributed by atoms with van der Waals surface area (Å²) in [6.45, 7) is -0.0876. The van der Waals surface area contributed by atoms with Crippen molar-refractivity contribution in [3.8, 4) is 5.75 Å². The lowest BCUT2D eigenvalue weighted by molar-refractivity contribution is -0.128. The topological polar surface area (TPSA) is 140 Å². The number of nitrogens with one attached hydrogen (secondary N) is 2. The van der Waals surface area contributed by atoms with Gasteiger partial charge in [-0.05, 0) is 23.3 Å². The number of alkyl carbamates (subject to hydrolysis) is 1. The molecule has 0 bridgehead atoms. The number of hydrogen-bond acceptors (Lipinski definition) is 6. The second-order valence-electron chi connectivity index (χ2n) is 6.88. The molecule has 166 valence electrons. The van der Waals surface area contributed by atoms with E-state index in [-0.39, 0.29) is 26.0 Å². The summed E-state index contributed by atoms with van der Waals surface area (Å²) < 4.78 is 10.1. The summed E-state index contributed by atoms with van der Waals surface area (Å²) in [5.41, 5.74) is 7.00. The molecule has 2 aromatic rings. The summed E-state index contributed by atoms with van der Waals surface area (Å²) in [4.78, 5) is 35.6. The first-order valence-electron chi connectivity index (χ1n) is 9.71. The van der Waals surface area contributed by atoms with Crippen molar-refractivity contribution in [2.75, 3.05) is 13.7 Å². The second kappa shape index (κ2) is 12.2. The number of ether oxygens (including phenoxy) is 2. The summed E-state index contributed by atoms with van der Waals surface area (Å²) >= 11 is 0. The van der Waals surface area contributed by atoms with Crippen LogP contribution in [0.25, 0.3) is 0 Å². The largest absolute Gasteiger partial charge is 0.497 e. The standard InChI is InChI=1S/C22H27N3O6/c1-30-18-9-7-15(8-10-18)11-19(21(23)28)25-20(27)12-17(26)13-24-22(29)31-14-16-5-3-2-4-6-16/h2-10,17,19,26H,11-14H2,1H3,(H2,23,28)(H,24,29)(H,25,27)/t17-,19-/m0/s1. The van der Waals surface area contributed by atoms with Crippen LogP contribution >= 0.6 is 0 Å². The van der Waals surface area contributed by atoms with E-state index in [0.717, 1.165) is 11.1 Å². The van der Waals surface area contributed by atoms with Crippen molar-refractivity contribution in [2.45, 2.75) is 31.6 Å². The minimum Gasteiger partial charge on any atom is -0.497 e. The molecule has 0 aliphatic heterocycles. The van der Waals surface area contributed by atoms with Crippen LogP contribution in [0.2, 0.25) is 0 Å². The van der Waals surface area contributed by atoms with Gasteiger partial charge in [-0.2, -0.15) is 0 Å². The number of rotatable bonds is 11. The first-order valence-corrected chi connectivity index (χ1v) is 9.71. The van der Waals surface area contributed by atoms with Gasteiger partial charge in [-0.25, -0.2) is 4.79 Å². The van der Waals surface area contributed by atoms with Crippen molar-refractivity contribution in [2.24, 2.45) is 5.73 Å². The minimum atomic E-state index is -1.15. The number of amides is 3. The third-order valence-corrected chi connectivity index (χ3v) is 4.39. The minimum absolute atomic E-state index is 0.0922. The molecule has 0 aromatic heterocycles. The van der Waals surface area contributed by atoms with Gasteiger partial charge in [-0.1, -0.05) is 42.5 Å². The van der Waals surface area contributed by atoms with Crippen LogP contribution in [0.15, 0.2) is 54.6 Å². The number of primary amides is 1. The van der Waals surface area contributed by atoms with Gasteiger partial charge in [0.05, 0.1) is 19.6 Å². The van der Waals surface area contributed by atoms with Crippen molar-refractivity contribution < 1.29 is 29.0 Å². The monoisotopic (exact) mass is 429 g/mol. The summed E-state index contributed by atoms with van der Waals surface area (Å²) in [6, 6.07) is 15.2. The Morgan fingerprint density at radius 3 is 2.32 bits per heavy atom. The maximum atomic E-state index is 12.2. The number of methoxy groups -OCH3 is 1. The van der Waals surface area contributed by atoms with Gasteiger partial charge in [0, 0.05) is 13.0 Å². The first kappa shape index (κ1) is 23.7. The average molecular weight is 429 g/mol. The lowest BCUT2D eigenvalue weighted by Crippen LogP contribution is -2.47. The van der Waals surface area contributed by atoms with Gasteiger partial charge >= 0.3 is 6.09 Å². The summed E-state index contributed by atoms with van der Waals surface area (Å²) in [6.07, 6.45) is -1.98. The maximum absolute atomic E-state index is 12.2. The Labute approximate surface area is 180 Å². The third kappa shape index (κ3) is 8.75. The predicted octanol–water partition coefficient (Wildman–Crippen LogP) is 0.885. The van der Waals surface area contributed by atoms with Crippen molar-refractivity contribution >= 4 is 17.9 Å². The molecule has 0 heterocycles. The van der Waals surface area contributed by atoms with Crippen LogP contribution in [0, 0.1) is 0 Å². The van der Waals surface area contributed by atoms with Crippen molar-refractivity contribution in [1.82, 2.24) is 10.6 Å². The van der Waals surface area contributed by atoms with Crippen LogP contribution in [0.3, 0.4) is 0 Å². The van der Waals surface area contributed by atoms with E-state index in [1.807, 2.05) is 30.3 Å². The van der Waals surface area contributed by atoms with E-state index in [1.54, 1.807) is 31.4 Å². The number of aliphatic hydroxyl groups excluding tert-OH is 1. The highest BCUT2D eigenvalue weighted by molar-refractivity contribution is 5.87. The van der Waals surface area contributed by atoms with Crippen LogP contribution < -0.4 is 21.1 Å². The van der Waals surface area contributed by atoms with E-state index in [2.05, 4.69) is 10.6 Å². The number of nitrogens with two attached hydrogens (primary N) is 1. The van der Waals surface area contributed by atoms with Crippen LogP contribution in [-0.2, 0) is 27.4 Å². The van der Waals surface area contributed by atoms with Crippen molar-refractivity contribution in [1.29, 1.82) is 0 Å². The summed E-state index contributed by atoms with van der Waals surface area (Å²) in [5.74, 6) is -0.591. The van der Waals surface area contributed by atoms with Crippen molar-refractivity contribution in [3.05, 3.63) is 65.7 Å². The van der Waals surface area contributed by atoms with E-state index in [4.69, 9.17) is 15.2 Å². The molecule has 0 fully saturated rings. The quantitative estimate of drug-likeness (QED) is 0.418. The number of aliphatic hydroxyl groups is 1. The number of benzene rings is 2. The number of hydrogen-bond donors (Lipinski definition) is 4. The maximum Gasteiger partial charge on any atom is 0.407 e. The molecule has 2 aromatic carbocycles. The van der Waals surface area contributed by atoms with Gasteiger partial charge in [0.15, 0.2) is 0 Å². The molecular weight excluding hydrogens is 402 g/mol. The van der Waals surface area contributed by atoms with E-state index in [1.165, 1.54) is 0 Å². The van der Waals surface area contributed by atoms with Gasteiger partial charge < -0.3 is 30.9 Å². The van der Waals surface area contributed by atoms with E-state index in [0.29, 0.717) is 5.75 Å². The molecule has 31 heavy (non-hydrogen) atoms. The highest BCUT2D eigenvalue weighted by Gasteiger charge is 2.21. The SMILES string of the molecule is COc1ccc(C[C@H](NC(=O)C[C@H](O)CNC(=O)OCc2ccccc2)C(N)=O)cc1. The molecule has 0 aliphatic rings. The van der Waals surface area contributed by atoms with Crippen LogP contribution in [0.4, 0.5) is 4.79 Å². The first-order chi connectivity index (χ1) is 14.9. The third-order valence-electron chi connectivity index (χ3n) is 4.39. The molecule has 0 unspecified atom stereocenters. The van der Waals surface area contributed by atoms with Crippen LogP contribution in [0.1, 0.15) is 17.5 Å². The fraction of sp³-hybridized carbons (Fsp3) is 0.318. The fourth-order valence-corrected chi connectivity index (χ4v) is 2.73. The molecule has 2 rings (SSSR count). The Morgan fingerprint density at radius 2 is 1.71 bits per heavy atom. The van der Waals surface area contributed by atoms with Gasteiger partial charge in [0.1, 0.15) is 18.4 Å². The molecular formula is C22H27N3O6. The zero-order valence-electron chi connectivity index (χ0n) is 17.2. The number of carbonyl (C=O) groups excluding carboxylic acids is 3.